The second-order valence-corrected chi connectivity index (χ2v) is 25.5. The minimum Gasteiger partial charge on any atom is -0.353 e. The Hall–Kier alpha value is -2.24. The van der Waals surface area contributed by atoms with Crippen LogP contribution in [-0.2, 0) is 19.2 Å². The lowest BCUT2D eigenvalue weighted by Crippen LogP contribution is -2.54. The van der Waals surface area contributed by atoms with E-state index >= 15 is 0 Å². The summed E-state index contributed by atoms with van der Waals surface area (Å²) in [5.41, 5.74) is 0. The van der Waals surface area contributed by atoms with Crippen LogP contribution in [0.3, 0.4) is 0 Å². The standard InChI is InChI=1S/C67H127N7O4/c1-4-6-8-10-12-14-16-18-20-22-24-26-28-30-36-42-62(75)73(58-56-71-50-38-32-33-39-51-71)64(60-44-45-60)66(77)68-48-54-70(3)55-49-69-67(78)65(61-46-47-61)74(59-57-72-52-40-34-35-41-53-72)63(76)43-37-31-29-27-25-23-21-19-17-15-13-11-9-7-5-2/h60-61,64-65H,4-59H2,1-3H3,(H,68,77)(H,69,78). The van der Waals surface area contributed by atoms with E-state index in [-0.39, 0.29) is 35.5 Å². The lowest BCUT2D eigenvalue weighted by molar-refractivity contribution is -0.141. The molecular weight excluding hydrogens is 967 g/mol. The van der Waals surface area contributed by atoms with Crippen molar-refractivity contribution in [1.82, 2.24) is 35.1 Å². The first-order valence-corrected chi connectivity index (χ1v) is 34.6. The molecule has 2 atom stereocenters. The summed E-state index contributed by atoms with van der Waals surface area (Å²) < 4.78 is 0. The summed E-state index contributed by atoms with van der Waals surface area (Å²) in [6, 6.07) is -0.789. The van der Waals surface area contributed by atoms with E-state index in [9.17, 15) is 19.2 Å². The zero-order valence-electron chi connectivity index (χ0n) is 51.8. The van der Waals surface area contributed by atoms with Crippen molar-refractivity contribution < 1.29 is 19.2 Å². The number of hydrogen-bond donors (Lipinski definition) is 2. The van der Waals surface area contributed by atoms with Gasteiger partial charge >= 0.3 is 0 Å². The Kier molecular flexibility index (Phi) is 39.6. The van der Waals surface area contributed by atoms with E-state index in [0.29, 0.717) is 52.1 Å². The molecular formula is C67H127N7O4. The second kappa shape index (κ2) is 45.3. The maximum Gasteiger partial charge on any atom is 0.243 e. The Balaban J connectivity index is 1.18. The molecule has 454 valence electrons. The Labute approximate surface area is 481 Å². The minimum atomic E-state index is -0.394. The van der Waals surface area contributed by atoms with E-state index in [1.54, 1.807) is 0 Å². The van der Waals surface area contributed by atoms with Crippen molar-refractivity contribution in [3.05, 3.63) is 0 Å². The molecule has 0 spiro atoms. The number of carbonyl (C=O) groups is 4. The molecule has 2 aliphatic heterocycles. The fourth-order valence-corrected chi connectivity index (χ4v) is 12.7. The quantitative estimate of drug-likeness (QED) is 0.0584. The fourth-order valence-electron chi connectivity index (χ4n) is 12.7. The Morgan fingerprint density at radius 1 is 0.385 bits per heavy atom. The molecule has 2 heterocycles. The van der Waals surface area contributed by atoms with Crippen LogP contribution in [0.5, 0.6) is 0 Å². The van der Waals surface area contributed by atoms with Gasteiger partial charge in [-0.2, -0.15) is 0 Å². The number of nitrogens with zero attached hydrogens (tertiary/aromatic N) is 5. The molecule has 4 rings (SSSR count). The smallest absolute Gasteiger partial charge is 0.243 e. The molecule has 2 saturated carbocycles. The summed E-state index contributed by atoms with van der Waals surface area (Å²) >= 11 is 0. The molecule has 0 radical (unpaired) electrons. The molecule has 4 amide bonds. The van der Waals surface area contributed by atoms with Gasteiger partial charge in [0.15, 0.2) is 0 Å². The van der Waals surface area contributed by atoms with Crippen LogP contribution in [0.25, 0.3) is 0 Å². The average molecular weight is 1090 g/mol. The normalized spacial score (nSPS) is 17.4. The first kappa shape index (κ1) is 68.3. The molecule has 0 aromatic rings. The van der Waals surface area contributed by atoms with Crippen molar-refractivity contribution in [2.45, 2.75) is 308 Å². The first-order chi connectivity index (χ1) is 38.3. The van der Waals surface area contributed by atoms with Gasteiger partial charge in [-0.3, -0.25) is 19.2 Å². The van der Waals surface area contributed by atoms with Crippen LogP contribution in [0.1, 0.15) is 296 Å². The predicted molar refractivity (Wildman–Crippen MR) is 329 cm³/mol. The zero-order valence-corrected chi connectivity index (χ0v) is 51.8. The molecule has 78 heavy (non-hydrogen) atoms. The maximum atomic E-state index is 14.2. The van der Waals surface area contributed by atoms with Crippen LogP contribution in [0, 0.1) is 11.8 Å². The number of hydrogen-bond acceptors (Lipinski definition) is 7. The van der Waals surface area contributed by atoms with Crippen molar-refractivity contribution >= 4 is 23.6 Å². The summed E-state index contributed by atoms with van der Waals surface area (Å²) in [5.74, 6) is 0.813. The minimum absolute atomic E-state index is 0.00136. The summed E-state index contributed by atoms with van der Waals surface area (Å²) in [6.45, 7) is 14.2. The van der Waals surface area contributed by atoms with E-state index in [0.717, 1.165) is 90.6 Å². The maximum absolute atomic E-state index is 14.2. The van der Waals surface area contributed by atoms with Crippen LogP contribution in [-0.4, -0.2) is 146 Å². The van der Waals surface area contributed by atoms with Crippen LogP contribution < -0.4 is 10.6 Å². The molecule has 0 aromatic carbocycles. The Bertz CT molecular complexity index is 1380. The van der Waals surface area contributed by atoms with Crippen molar-refractivity contribution in [1.29, 1.82) is 0 Å². The highest BCUT2D eigenvalue weighted by Crippen LogP contribution is 2.37. The molecule has 0 bridgehead atoms. The average Bonchev–Trinajstić information content (AvgIpc) is 4.38. The molecule has 11 nitrogen and oxygen atoms in total. The topological polar surface area (TPSA) is 109 Å². The number of carbonyl (C=O) groups excluding carboxylic acids is 4. The Morgan fingerprint density at radius 3 is 0.923 bits per heavy atom. The highest BCUT2D eigenvalue weighted by Gasteiger charge is 2.43. The van der Waals surface area contributed by atoms with E-state index < -0.39 is 12.1 Å². The van der Waals surface area contributed by atoms with Gasteiger partial charge in [-0.15, -0.1) is 0 Å². The number of nitrogens with one attached hydrogen (secondary N) is 2. The highest BCUT2D eigenvalue weighted by molar-refractivity contribution is 5.89. The van der Waals surface area contributed by atoms with E-state index in [2.05, 4.69) is 46.2 Å². The van der Waals surface area contributed by atoms with E-state index in [1.165, 1.54) is 218 Å². The van der Waals surface area contributed by atoms with Crippen molar-refractivity contribution in [2.75, 3.05) is 85.6 Å². The van der Waals surface area contributed by atoms with Crippen molar-refractivity contribution in [2.24, 2.45) is 11.8 Å². The molecule has 2 saturated heterocycles. The molecule has 2 aliphatic carbocycles. The van der Waals surface area contributed by atoms with Crippen LogP contribution in [0.4, 0.5) is 0 Å². The Morgan fingerprint density at radius 2 is 0.654 bits per heavy atom. The van der Waals surface area contributed by atoms with E-state index in [4.69, 9.17) is 0 Å². The van der Waals surface area contributed by atoms with Crippen molar-refractivity contribution in [3.8, 4) is 0 Å². The van der Waals surface area contributed by atoms with E-state index in [1.807, 2.05) is 9.80 Å². The van der Waals surface area contributed by atoms with Gasteiger partial charge in [0.1, 0.15) is 12.1 Å². The van der Waals surface area contributed by atoms with Gasteiger partial charge in [0.25, 0.3) is 0 Å². The molecule has 0 aromatic heterocycles. The van der Waals surface area contributed by atoms with Gasteiger partial charge in [-0.25, -0.2) is 0 Å². The molecule has 4 fully saturated rings. The number of rotatable bonds is 50. The highest BCUT2D eigenvalue weighted by atomic mass is 16.2. The zero-order chi connectivity index (χ0) is 55.5. The first-order valence-electron chi connectivity index (χ1n) is 34.6. The van der Waals surface area contributed by atoms with Gasteiger partial charge in [0.05, 0.1) is 0 Å². The van der Waals surface area contributed by atoms with Gasteiger partial charge in [0.2, 0.25) is 23.6 Å². The van der Waals surface area contributed by atoms with Gasteiger partial charge < -0.3 is 35.1 Å². The second-order valence-electron chi connectivity index (χ2n) is 25.5. The summed E-state index contributed by atoms with van der Waals surface area (Å²) in [5, 5.41) is 6.55. The SMILES string of the molecule is CCCCCCCCCCCCCCCCCC(=O)N(CCN1CCCCCC1)C(C(=O)NCCN(C)CCNC(=O)C(C1CC1)N(CCN1CCCCCC1)C(=O)CCCCCCCCCCCCCCCCC)C1CC1. The lowest BCUT2D eigenvalue weighted by Gasteiger charge is -2.34. The third-order valence-electron chi connectivity index (χ3n) is 18.3. The third kappa shape index (κ3) is 32.4. The number of likely N-dealkylation sites (N-methyl/N-ethyl adjacent to an activating group) is 1. The fraction of sp³-hybridized carbons (Fsp3) is 0.940. The third-order valence-corrected chi connectivity index (χ3v) is 18.3. The monoisotopic (exact) mass is 1090 g/mol. The van der Waals surface area contributed by atoms with Gasteiger partial charge in [0, 0.05) is 65.2 Å². The molecule has 2 N–H and O–H groups in total. The summed E-state index contributed by atoms with van der Waals surface area (Å²) in [6.07, 6.45) is 54.3. The summed E-state index contributed by atoms with van der Waals surface area (Å²) in [7, 11) is 2.05. The largest absolute Gasteiger partial charge is 0.353 e. The molecule has 2 unspecified atom stereocenters. The number of unbranched alkanes of at least 4 members (excludes halogenated alkanes) is 28. The molecule has 11 heteroatoms. The number of amides is 4. The molecule has 4 aliphatic rings. The lowest BCUT2D eigenvalue weighted by atomic mass is 10.0. The summed E-state index contributed by atoms with van der Waals surface area (Å²) in [4.78, 5) is 67.9. The van der Waals surface area contributed by atoms with Crippen LogP contribution in [0.2, 0.25) is 0 Å². The predicted octanol–water partition coefficient (Wildman–Crippen LogP) is 14.6. The van der Waals surface area contributed by atoms with Crippen molar-refractivity contribution in [3.63, 3.8) is 0 Å². The van der Waals surface area contributed by atoms with Gasteiger partial charge in [-0.05, 0) is 109 Å². The van der Waals surface area contributed by atoms with Crippen LogP contribution >= 0.6 is 0 Å². The van der Waals surface area contributed by atoms with Gasteiger partial charge in [-0.1, -0.05) is 219 Å². The number of likely N-dealkylation sites (tertiary alicyclic amines) is 2. The van der Waals surface area contributed by atoms with Crippen LogP contribution in [0.15, 0.2) is 0 Å².